The Hall–Kier alpha value is -3.41. The highest BCUT2D eigenvalue weighted by Gasteiger charge is 2.26. The Kier molecular flexibility index (Phi) is 4.35. The van der Waals surface area contributed by atoms with E-state index in [1.54, 1.807) is 30.3 Å². The van der Waals surface area contributed by atoms with Gasteiger partial charge in [-0.3, -0.25) is 14.4 Å². The van der Waals surface area contributed by atoms with Gasteiger partial charge < -0.3 is 14.2 Å². The Morgan fingerprint density at radius 3 is 2.32 bits per heavy atom. The number of carbonyl (C=O) groups is 3. The summed E-state index contributed by atoms with van der Waals surface area (Å²) in [6, 6.07) is 11.5. The van der Waals surface area contributed by atoms with Crippen molar-refractivity contribution in [1.29, 1.82) is 0 Å². The number of benzene rings is 2. The van der Waals surface area contributed by atoms with Crippen LogP contribution in [0.25, 0.3) is 6.08 Å². The summed E-state index contributed by atoms with van der Waals surface area (Å²) in [5.74, 6) is -0.464. The number of allylic oxidation sites excluding steroid dienone is 1. The van der Waals surface area contributed by atoms with Crippen molar-refractivity contribution >= 4 is 23.8 Å². The van der Waals surface area contributed by atoms with E-state index in [9.17, 15) is 14.4 Å². The van der Waals surface area contributed by atoms with Gasteiger partial charge >= 0.3 is 11.9 Å². The first-order valence-corrected chi connectivity index (χ1v) is 7.48. The first-order valence-electron chi connectivity index (χ1n) is 7.48. The minimum absolute atomic E-state index is 0.0833. The summed E-state index contributed by atoms with van der Waals surface area (Å²) < 4.78 is 15.6. The molecule has 2 aromatic rings. The topological polar surface area (TPSA) is 78.9 Å². The Bertz CT molecular complexity index is 910. The van der Waals surface area contributed by atoms with Crippen LogP contribution in [0, 0.1) is 0 Å². The number of Topliss-reactive ketones (excluding diaryl/α,β-unsaturated/α-hetero) is 1. The molecule has 6 heteroatoms. The average Bonchev–Trinajstić information content (AvgIpc) is 2.85. The summed E-state index contributed by atoms with van der Waals surface area (Å²) in [4.78, 5) is 34.7. The molecule has 0 bridgehead atoms. The van der Waals surface area contributed by atoms with Crippen LogP contribution in [0.15, 0.2) is 48.2 Å². The van der Waals surface area contributed by atoms with Gasteiger partial charge in [-0.05, 0) is 35.9 Å². The van der Waals surface area contributed by atoms with E-state index in [1.807, 2.05) is 0 Å². The summed E-state index contributed by atoms with van der Waals surface area (Å²) in [6.45, 7) is 2.48. The summed E-state index contributed by atoms with van der Waals surface area (Å²) in [7, 11) is 0. The molecule has 1 aliphatic heterocycles. The van der Waals surface area contributed by atoms with Gasteiger partial charge in [-0.15, -0.1) is 0 Å². The number of ether oxygens (including phenoxy) is 3. The van der Waals surface area contributed by atoms with Crippen LogP contribution in [-0.4, -0.2) is 17.7 Å². The Balaban J connectivity index is 1.94. The van der Waals surface area contributed by atoms with Gasteiger partial charge in [-0.1, -0.05) is 18.2 Å². The molecule has 2 aromatic carbocycles. The summed E-state index contributed by atoms with van der Waals surface area (Å²) in [6.07, 6.45) is 1.53. The van der Waals surface area contributed by atoms with Gasteiger partial charge in [-0.25, -0.2) is 0 Å². The zero-order valence-corrected chi connectivity index (χ0v) is 13.6. The number of hydrogen-bond acceptors (Lipinski definition) is 6. The van der Waals surface area contributed by atoms with Crippen molar-refractivity contribution in [3.05, 3.63) is 59.4 Å². The van der Waals surface area contributed by atoms with Crippen molar-refractivity contribution in [1.82, 2.24) is 0 Å². The molecule has 0 amide bonds. The monoisotopic (exact) mass is 338 g/mol. The van der Waals surface area contributed by atoms with Crippen LogP contribution in [-0.2, 0) is 9.59 Å². The molecule has 0 aromatic heterocycles. The summed E-state index contributed by atoms with van der Waals surface area (Å²) in [5.41, 5.74) is 1.05. The Labute approximate surface area is 143 Å². The molecular weight excluding hydrogens is 324 g/mol. The fraction of sp³-hybridized carbons (Fsp3) is 0.105. The van der Waals surface area contributed by atoms with Gasteiger partial charge in [0.05, 0.1) is 5.56 Å². The zero-order chi connectivity index (χ0) is 18.0. The molecule has 0 radical (unpaired) electrons. The first kappa shape index (κ1) is 16.4. The Morgan fingerprint density at radius 1 is 0.960 bits per heavy atom. The molecule has 0 saturated heterocycles. The lowest BCUT2D eigenvalue weighted by atomic mass is 10.1. The van der Waals surface area contributed by atoms with Gasteiger partial charge in [0.1, 0.15) is 5.75 Å². The Morgan fingerprint density at radius 2 is 1.64 bits per heavy atom. The van der Waals surface area contributed by atoms with Crippen LogP contribution in [0.5, 0.6) is 17.2 Å². The van der Waals surface area contributed by atoms with Gasteiger partial charge in [-0.2, -0.15) is 0 Å². The zero-order valence-electron chi connectivity index (χ0n) is 13.6. The van der Waals surface area contributed by atoms with Gasteiger partial charge in [0.2, 0.25) is 5.78 Å². The highest BCUT2D eigenvalue weighted by atomic mass is 16.6. The molecule has 0 aliphatic carbocycles. The van der Waals surface area contributed by atoms with Crippen molar-refractivity contribution < 1.29 is 28.6 Å². The number of fused-ring (bicyclic) bond motifs is 1. The van der Waals surface area contributed by atoms with Crippen molar-refractivity contribution in [2.45, 2.75) is 13.8 Å². The maximum absolute atomic E-state index is 12.3. The lowest BCUT2D eigenvalue weighted by Gasteiger charge is -2.09. The molecular formula is C19H14O6. The summed E-state index contributed by atoms with van der Waals surface area (Å²) in [5, 5.41) is 0. The highest BCUT2D eigenvalue weighted by Crippen LogP contribution is 2.33. The number of carbonyl (C=O) groups excluding carboxylic acids is 3. The second-order valence-electron chi connectivity index (χ2n) is 5.33. The highest BCUT2D eigenvalue weighted by molar-refractivity contribution is 6.14. The smallest absolute Gasteiger partial charge is 0.308 e. The lowest BCUT2D eigenvalue weighted by molar-refractivity contribution is -0.134. The minimum atomic E-state index is -0.557. The fourth-order valence-corrected chi connectivity index (χ4v) is 2.38. The third-order valence-corrected chi connectivity index (χ3v) is 3.35. The lowest BCUT2D eigenvalue weighted by Crippen LogP contribution is -2.07. The van der Waals surface area contributed by atoms with Crippen molar-refractivity contribution in [3.63, 3.8) is 0 Å². The van der Waals surface area contributed by atoms with Crippen LogP contribution in [0.1, 0.15) is 29.8 Å². The van der Waals surface area contributed by atoms with E-state index in [1.165, 1.54) is 32.1 Å². The standard InChI is InChI=1S/C19H14O6/c1-11(20)23-16-8-7-13(9-17(16)24-12(2)21)10-18-19(22)14-5-3-4-6-15(14)25-18/h3-10H,1-2H3. The van der Waals surface area contributed by atoms with E-state index in [-0.39, 0.29) is 23.0 Å². The van der Waals surface area contributed by atoms with E-state index in [0.717, 1.165) is 0 Å². The number of ketones is 1. The van der Waals surface area contributed by atoms with Crippen LogP contribution >= 0.6 is 0 Å². The van der Waals surface area contributed by atoms with Crippen LogP contribution in [0.2, 0.25) is 0 Å². The maximum atomic E-state index is 12.3. The predicted molar refractivity (Wildman–Crippen MR) is 88.4 cm³/mol. The average molecular weight is 338 g/mol. The van der Waals surface area contributed by atoms with Crippen molar-refractivity contribution in [2.24, 2.45) is 0 Å². The molecule has 126 valence electrons. The van der Waals surface area contributed by atoms with Crippen molar-refractivity contribution in [2.75, 3.05) is 0 Å². The minimum Gasteiger partial charge on any atom is -0.452 e. The maximum Gasteiger partial charge on any atom is 0.308 e. The van der Waals surface area contributed by atoms with Crippen LogP contribution in [0.4, 0.5) is 0 Å². The van der Waals surface area contributed by atoms with E-state index in [2.05, 4.69) is 0 Å². The SMILES string of the molecule is CC(=O)Oc1ccc(C=C2Oc3ccccc3C2=O)cc1OC(C)=O. The third kappa shape index (κ3) is 3.58. The molecule has 0 fully saturated rings. The van der Waals surface area contributed by atoms with E-state index in [0.29, 0.717) is 16.9 Å². The van der Waals surface area contributed by atoms with Crippen LogP contribution in [0.3, 0.4) is 0 Å². The number of rotatable bonds is 3. The normalized spacial score (nSPS) is 14.0. The number of hydrogen-bond donors (Lipinski definition) is 0. The molecule has 25 heavy (non-hydrogen) atoms. The molecule has 6 nitrogen and oxygen atoms in total. The number of esters is 2. The van der Waals surface area contributed by atoms with Gasteiger partial charge in [0.15, 0.2) is 17.3 Å². The molecule has 0 atom stereocenters. The first-order chi connectivity index (χ1) is 11.9. The molecule has 0 saturated carbocycles. The van der Waals surface area contributed by atoms with Gasteiger partial charge in [0, 0.05) is 13.8 Å². The van der Waals surface area contributed by atoms with E-state index < -0.39 is 11.9 Å². The molecule has 0 unspecified atom stereocenters. The summed E-state index contributed by atoms with van der Waals surface area (Å²) >= 11 is 0. The van der Waals surface area contributed by atoms with E-state index in [4.69, 9.17) is 14.2 Å². The molecule has 0 spiro atoms. The largest absolute Gasteiger partial charge is 0.452 e. The number of para-hydroxylation sites is 1. The van der Waals surface area contributed by atoms with Crippen LogP contribution < -0.4 is 14.2 Å². The molecule has 1 heterocycles. The second-order valence-corrected chi connectivity index (χ2v) is 5.33. The quantitative estimate of drug-likeness (QED) is 0.486. The molecule has 1 aliphatic rings. The fourth-order valence-electron chi connectivity index (χ4n) is 2.38. The predicted octanol–water partition coefficient (Wildman–Crippen LogP) is 3.15. The third-order valence-electron chi connectivity index (χ3n) is 3.35. The van der Waals surface area contributed by atoms with Crippen molar-refractivity contribution in [3.8, 4) is 17.2 Å². The van der Waals surface area contributed by atoms with E-state index >= 15 is 0 Å². The molecule has 0 N–H and O–H groups in total. The second kappa shape index (κ2) is 6.60. The van der Waals surface area contributed by atoms with Gasteiger partial charge in [0.25, 0.3) is 0 Å². The molecule has 3 rings (SSSR count).